The van der Waals surface area contributed by atoms with Crippen molar-refractivity contribution in [3.05, 3.63) is 106 Å². The molecule has 0 unspecified atom stereocenters. The first-order chi connectivity index (χ1) is 14.1. The average Bonchev–Trinajstić information content (AvgIpc) is 2.69. The van der Waals surface area contributed by atoms with Gasteiger partial charge in [0.1, 0.15) is 0 Å². The molecule has 162 valence electrons. The number of benzene rings is 3. The topological polar surface area (TPSA) is 120 Å². The fourth-order valence-electron chi connectivity index (χ4n) is 2.32. The van der Waals surface area contributed by atoms with Crippen molar-refractivity contribution in [3.8, 4) is 0 Å². The first kappa shape index (κ1) is 28.4. The summed E-state index contributed by atoms with van der Waals surface area (Å²) in [5, 5.41) is 30.7. The van der Waals surface area contributed by atoms with Crippen LogP contribution < -0.4 is 15.3 Å². The van der Waals surface area contributed by atoms with Gasteiger partial charge in [0.15, 0.2) is 0 Å². The van der Waals surface area contributed by atoms with Gasteiger partial charge in [0.2, 0.25) is 0 Å². The Kier molecular flexibility index (Phi) is 13.2. The zero-order valence-corrected chi connectivity index (χ0v) is 19.3. The monoisotopic (exact) mass is 564 g/mol. The molecule has 0 radical (unpaired) electrons. The fraction of sp³-hybridized carbons (Fsp3) is 0.125. The van der Waals surface area contributed by atoms with Gasteiger partial charge < -0.3 is 29.7 Å². The minimum absolute atomic E-state index is 0. The summed E-state index contributed by atoms with van der Waals surface area (Å²) < 4.78 is 0. The Balaban J connectivity index is 0.000000429. The first-order valence-electron chi connectivity index (χ1n) is 8.94. The summed E-state index contributed by atoms with van der Waals surface area (Å²) in [6, 6.07) is 19.9. The predicted molar refractivity (Wildman–Crippen MR) is 107 cm³/mol. The predicted octanol–water partition coefficient (Wildman–Crippen LogP) is 1.08. The van der Waals surface area contributed by atoms with Crippen LogP contribution in [0.3, 0.4) is 0 Å². The third-order valence-electron chi connectivity index (χ3n) is 3.76. The molecular weight excluding hydrogens is 543 g/mol. The number of carboxylic acid groups (broad SMARTS) is 3. The van der Waals surface area contributed by atoms with E-state index >= 15 is 0 Å². The average molecular weight is 564 g/mol. The van der Waals surface area contributed by atoms with E-state index in [0.717, 1.165) is 16.7 Å². The van der Waals surface area contributed by atoms with Gasteiger partial charge in [-0.2, -0.15) is 0 Å². The number of carbonyl (C=O) groups excluding carboxylic acids is 3. The molecule has 3 aromatic carbocycles. The van der Waals surface area contributed by atoms with E-state index < -0.39 is 17.9 Å². The SMILES string of the molecule is Cc1cccc(C(=O)[O-])c1.Cc1cccc(C(=O)[O-])c1.Cc1cccc(C(=O)[O-])c1.[Tb+3]. The van der Waals surface area contributed by atoms with Crippen molar-refractivity contribution >= 4 is 17.9 Å². The van der Waals surface area contributed by atoms with E-state index in [0.29, 0.717) is 0 Å². The van der Waals surface area contributed by atoms with Gasteiger partial charge in [-0.25, -0.2) is 0 Å². The number of carboxylic acids is 3. The van der Waals surface area contributed by atoms with E-state index in [9.17, 15) is 29.7 Å². The molecule has 0 aliphatic heterocycles. The molecule has 0 amide bonds. The molecule has 0 fully saturated rings. The maximum Gasteiger partial charge on any atom is 3.00 e. The van der Waals surface area contributed by atoms with Crippen LogP contribution in [0.2, 0.25) is 0 Å². The summed E-state index contributed by atoms with van der Waals surface area (Å²) in [7, 11) is 0. The number of hydrogen-bond acceptors (Lipinski definition) is 6. The molecular formula is C24H21O6Tb. The molecule has 7 heteroatoms. The van der Waals surface area contributed by atoms with Crippen LogP contribution in [-0.4, -0.2) is 17.9 Å². The Morgan fingerprint density at radius 1 is 0.516 bits per heavy atom. The van der Waals surface area contributed by atoms with Gasteiger partial charge in [-0.15, -0.1) is 0 Å². The molecule has 6 nitrogen and oxygen atoms in total. The Morgan fingerprint density at radius 3 is 0.871 bits per heavy atom. The van der Waals surface area contributed by atoms with E-state index in [1.807, 2.05) is 39.0 Å². The van der Waals surface area contributed by atoms with Crippen molar-refractivity contribution in [1.29, 1.82) is 0 Å². The van der Waals surface area contributed by atoms with Gasteiger partial charge in [-0.05, 0) is 37.5 Å². The van der Waals surface area contributed by atoms with Crippen LogP contribution in [0.15, 0.2) is 72.8 Å². The molecule has 0 N–H and O–H groups in total. The van der Waals surface area contributed by atoms with Crippen LogP contribution in [0, 0.1) is 59.4 Å². The number of aromatic carboxylic acids is 3. The molecule has 0 heterocycles. The second-order valence-corrected chi connectivity index (χ2v) is 6.47. The van der Waals surface area contributed by atoms with Crippen LogP contribution in [0.4, 0.5) is 0 Å². The van der Waals surface area contributed by atoms with E-state index in [2.05, 4.69) is 0 Å². The molecule has 0 spiro atoms. The van der Waals surface area contributed by atoms with Gasteiger partial charge in [0.05, 0.1) is 17.9 Å². The van der Waals surface area contributed by atoms with Gasteiger partial charge in [-0.1, -0.05) is 89.5 Å². The summed E-state index contributed by atoms with van der Waals surface area (Å²) in [6.45, 7) is 5.52. The largest absolute Gasteiger partial charge is 3.00 e. The summed E-state index contributed by atoms with van der Waals surface area (Å²) in [5.74, 6) is -3.36. The van der Waals surface area contributed by atoms with Crippen LogP contribution >= 0.6 is 0 Å². The Labute approximate surface area is 212 Å². The third-order valence-corrected chi connectivity index (χ3v) is 3.76. The fourth-order valence-corrected chi connectivity index (χ4v) is 2.32. The maximum atomic E-state index is 10.2. The van der Waals surface area contributed by atoms with Crippen molar-refractivity contribution in [3.63, 3.8) is 0 Å². The van der Waals surface area contributed by atoms with Gasteiger partial charge in [0, 0.05) is 0 Å². The molecule has 0 bridgehead atoms. The summed E-state index contributed by atoms with van der Waals surface area (Å²) in [6.07, 6.45) is 0. The Hall–Kier alpha value is -2.64. The number of rotatable bonds is 3. The summed E-state index contributed by atoms with van der Waals surface area (Å²) >= 11 is 0. The summed E-state index contributed by atoms with van der Waals surface area (Å²) in [4.78, 5) is 30.7. The Morgan fingerprint density at radius 2 is 0.742 bits per heavy atom. The summed E-state index contributed by atoms with van der Waals surface area (Å²) in [5.41, 5.74) is 3.50. The van der Waals surface area contributed by atoms with E-state index in [1.54, 1.807) is 36.4 Å². The second kappa shape index (κ2) is 14.4. The van der Waals surface area contributed by atoms with Crippen LogP contribution in [0.1, 0.15) is 47.8 Å². The van der Waals surface area contributed by atoms with Gasteiger partial charge in [0.25, 0.3) is 0 Å². The molecule has 0 saturated heterocycles. The zero-order valence-electron chi connectivity index (χ0n) is 17.2. The smallest absolute Gasteiger partial charge is 0.545 e. The van der Waals surface area contributed by atoms with E-state index in [4.69, 9.17) is 0 Å². The van der Waals surface area contributed by atoms with Crippen LogP contribution in [0.25, 0.3) is 0 Å². The van der Waals surface area contributed by atoms with E-state index in [1.165, 1.54) is 18.2 Å². The standard InChI is InChI=1S/3C8H8O2.Tb/c3*1-6-3-2-4-7(5-6)8(9)10;/h3*2-5H,1H3,(H,9,10);/q;;;+3/p-3. The zero-order chi connectivity index (χ0) is 22.7. The minimum atomic E-state index is -1.12. The Bertz CT molecular complexity index is 898. The molecule has 0 aliphatic rings. The van der Waals surface area contributed by atoms with Crippen molar-refractivity contribution in [2.45, 2.75) is 20.8 Å². The van der Waals surface area contributed by atoms with Crippen LogP contribution in [-0.2, 0) is 0 Å². The number of hydrogen-bond donors (Lipinski definition) is 0. The molecule has 0 saturated carbocycles. The van der Waals surface area contributed by atoms with E-state index in [-0.39, 0.29) is 55.3 Å². The van der Waals surface area contributed by atoms with Crippen LogP contribution in [0.5, 0.6) is 0 Å². The van der Waals surface area contributed by atoms with Gasteiger partial charge >= 0.3 is 38.6 Å². The molecule has 0 aromatic heterocycles. The van der Waals surface area contributed by atoms with Gasteiger partial charge in [-0.3, -0.25) is 0 Å². The number of carbonyl (C=O) groups is 3. The second-order valence-electron chi connectivity index (χ2n) is 6.47. The molecule has 31 heavy (non-hydrogen) atoms. The van der Waals surface area contributed by atoms with Crippen molar-refractivity contribution in [1.82, 2.24) is 0 Å². The van der Waals surface area contributed by atoms with Crippen molar-refractivity contribution in [2.24, 2.45) is 0 Å². The van der Waals surface area contributed by atoms with Crippen molar-refractivity contribution in [2.75, 3.05) is 0 Å². The minimum Gasteiger partial charge on any atom is -0.545 e. The molecule has 3 rings (SSSR count). The third kappa shape index (κ3) is 11.4. The molecule has 0 aliphatic carbocycles. The molecule has 3 aromatic rings. The maximum absolute atomic E-state index is 10.2. The van der Waals surface area contributed by atoms with Crippen molar-refractivity contribution < 1.29 is 68.3 Å². The molecule has 0 atom stereocenters. The normalized spacial score (nSPS) is 9.00. The number of aryl methyl sites for hydroxylation is 3. The first-order valence-corrected chi connectivity index (χ1v) is 8.94. The quantitative estimate of drug-likeness (QED) is 0.470.